The number of hydrogen-bond donors (Lipinski definition) is 2. The molecule has 0 saturated heterocycles. The fourth-order valence-electron chi connectivity index (χ4n) is 1.41. The van der Waals surface area contributed by atoms with E-state index in [0.717, 1.165) is 6.42 Å². The number of methoxy groups -OCH3 is 1. The molecule has 0 saturated carbocycles. The fourth-order valence-corrected chi connectivity index (χ4v) is 1.41. The van der Waals surface area contributed by atoms with E-state index in [4.69, 9.17) is 10.5 Å². The number of amides is 1. The Morgan fingerprint density at radius 2 is 2.29 bits per heavy atom. The van der Waals surface area contributed by atoms with E-state index < -0.39 is 11.9 Å². The second kappa shape index (κ2) is 6.20. The molecule has 0 aliphatic heterocycles. The number of carbonyl (C=O) groups is 1. The van der Waals surface area contributed by atoms with Gasteiger partial charge in [0.05, 0.1) is 13.2 Å². The number of benzene rings is 1. The van der Waals surface area contributed by atoms with Gasteiger partial charge in [0, 0.05) is 11.8 Å². The maximum absolute atomic E-state index is 13.1. The van der Waals surface area contributed by atoms with Crippen molar-refractivity contribution in [3.8, 4) is 5.75 Å². The molecule has 0 bridgehead atoms. The maximum atomic E-state index is 13.1. The third-order valence-electron chi connectivity index (χ3n) is 2.36. The van der Waals surface area contributed by atoms with E-state index in [-0.39, 0.29) is 11.7 Å². The van der Waals surface area contributed by atoms with Crippen LogP contribution in [-0.4, -0.2) is 19.1 Å². The standard InChI is InChI=1S/C12H17FN2O2/c1-3-4-10(14)12(16)15-8-5-6-9(13)11(7-8)17-2/h5-7,10H,3-4,14H2,1-2H3,(H,15,16)/t10-/m1/s1. The van der Waals surface area contributed by atoms with Crippen molar-refractivity contribution in [2.45, 2.75) is 25.8 Å². The summed E-state index contributed by atoms with van der Waals surface area (Å²) in [5.74, 6) is -0.657. The molecule has 3 N–H and O–H groups in total. The maximum Gasteiger partial charge on any atom is 0.241 e. The summed E-state index contributed by atoms with van der Waals surface area (Å²) in [6.45, 7) is 1.95. The molecule has 0 fully saturated rings. The Balaban J connectivity index is 2.71. The number of anilines is 1. The lowest BCUT2D eigenvalue weighted by Crippen LogP contribution is -2.35. The quantitative estimate of drug-likeness (QED) is 0.826. The largest absolute Gasteiger partial charge is 0.494 e. The first-order valence-corrected chi connectivity index (χ1v) is 5.48. The Morgan fingerprint density at radius 3 is 2.88 bits per heavy atom. The molecule has 17 heavy (non-hydrogen) atoms. The van der Waals surface area contributed by atoms with Crippen LogP contribution in [0.2, 0.25) is 0 Å². The van der Waals surface area contributed by atoms with Crippen molar-refractivity contribution >= 4 is 11.6 Å². The zero-order valence-electron chi connectivity index (χ0n) is 10.00. The van der Waals surface area contributed by atoms with Crippen LogP contribution in [0.25, 0.3) is 0 Å². The van der Waals surface area contributed by atoms with Crippen molar-refractivity contribution < 1.29 is 13.9 Å². The van der Waals surface area contributed by atoms with Crippen LogP contribution in [-0.2, 0) is 4.79 Å². The first-order valence-electron chi connectivity index (χ1n) is 5.48. The topological polar surface area (TPSA) is 64.4 Å². The molecule has 5 heteroatoms. The van der Waals surface area contributed by atoms with Crippen molar-refractivity contribution in [3.63, 3.8) is 0 Å². The predicted octanol–water partition coefficient (Wildman–Crippen LogP) is 1.90. The van der Waals surface area contributed by atoms with Gasteiger partial charge in [-0.25, -0.2) is 4.39 Å². The van der Waals surface area contributed by atoms with E-state index in [2.05, 4.69) is 5.32 Å². The molecule has 0 radical (unpaired) electrons. The average Bonchev–Trinajstić information content (AvgIpc) is 2.31. The summed E-state index contributed by atoms with van der Waals surface area (Å²) >= 11 is 0. The van der Waals surface area contributed by atoms with Gasteiger partial charge in [-0.1, -0.05) is 13.3 Å². The third kappa shape index (κ3) is 3.71. The van der Waals surface area contributed by atoms with E-state index in [9.17, 15) is 9.18 Å². The highest BCUT2D eigenvalue weighted by Crippen LogP contribution is 2.21. The lowest BCUT2D eigenvalue weighted by Gasteiger charge is -2.12. The second-order valence-corrected chi connectivity index (χ2v) is 3.73. The second-order valence-electron chi connectivity index (χ2n) is 3.73. The van der Waals surface area contributed by atoms with Crippen LogP contribution in [0.5, 0.6) is 5.75 Å². The zero-order valence-corrected chi connectivity index (χ0v) is 10.00. The van der Waals surface area contributed by atoms with Crippen molar-refractivity contribution in [3.05, 3.63) is 24.0 Å². The van der Waals surface area contributed by atoms with E-state index >= 15 is 0 Å². The van der Waals surface area contributed by atoms with Gasteiger partial charge in [0.15, 0.2) is 11.6 Å². The van der Waals surface area contributed by atoms with Crippen LogP contribution in [0.3, 0.4) is 0 Å². The van der Waals surface area contributed by atoms with Gasteiger partial charge >= 0.3 is 0 Å². The molecule has 0 aliphatic carbocycles. The first kappa shape index (κ1) is 13.4. The summed E-state index contributed by atoms with van der Waals surface area (Å²) in [4.78, 5) is 11.6. The van der Waals surface area contributed by atoms with Crippen LogP contribution in [0.4, 0.5) is 10.1 Å². The molecule has 1 aromatic rings. The predicted molar refractivity (Wildman–Crippen MR) is 64.5 cm³/mol. The van der Waals surface area contributed by atoms with Gasteiger partial charge in [-0.3, -0.25) is 4.79 Å². The molecular formula is C12H17FN2O2. The molecule has 4 nitrogen and oxygen atoms in total. The minimum atomic E-state index is -0.545. The van der Waals surface area contributed by atoms with E-state index in [1.54, 1.807) is 0 Å². The molecular weight excluding hydrogens is 223 g/mol. The highest BCUT2D eigenvalue weighted by molar-refractivity contribution is 5.94. The lowest BCUT2D eigenvalue weighted by molar-refractivity contribution is -0.117. The minimum absolute atomic E-state index is 0.0897. The van der Waals surface area contributed by atoms with Crippen LogP contribution in [0.1, 0.15) is 19.8 Å². The van der Waals surface area contributed by atoms with E-state index in [1.807, 2.05) is 6.92 Å². The Morgan fingerprint density at radius 1 is 1.59 bits per heavy atom. The number of halogens is 1. The van der Waals surface area contributed by atoms with Gasteiger partial charge in [0.2, 0.25) is 5.91 Å². The molecule has 0 aromatic heterocycles. The SMILES string of the molecule is CCC[C@@H](N)C(=O)Nc1ccc(F)c(OC)c1. The molecule has 0 aliphatic rings. The molecule has 0 spiro atoms. The van der Waals surface area contributed by atoms with E-state index in [1.165, 1.54) is 25.3 Å². The van der Waals surface area contributed by atoms with Crippen molar-refractivity contribution in [2.24, 2.45) is 5.73 Å². The average molecular weight is 240 g/mol. The van der Waals surface area contributed by atoms with Gasteiger partial charge in [-0.15, -0.1) is 0 Å². The number of ether oxygens (including phenoxy) is 1. The summed E-state index contributed by atoms with van der Waals surface area (Å²) in [6.07, 6.45) is 1.45. The third-order valence-corrected chi connectivity index (χ3v) is 2.36. The normalized spacial score (nSPS) is 12.0. The number of rotatable bonds is 5. The highest BCUT2D eigenvalue weighted by Gasteiger charge is 2.13. The van der Waals surface area contributed by atoms with Gasteiger partial charge < -0.3 is 15.8 Å². The van der Waals surface area contributed by atoms with Crippen LogP contribution < -0.4 is 15.8 Å². The Kier molecular flexibility index (Phi) is 4.90. The molecule has 94 valence electrons. The van der Waals surface area contributed by atoms with E-state index in [0.29, 0.717) is 12.1 Å². The number of nitrogens with two attached hydrogens (primary N) is 1. The number of carbonyl (C=O) groups excluding carboxylic acids is 1. The summed E-state index contributed by atoms with van der Waals surface area (Å²) in [6, 6.07) is 3.58. The Labute approximate surface area is 100.0 Å². The number of nitrogens with one attached hydrogen (secondary N) is 1. The highest BCUT2D eigenvalue weighted by atomic mass is 19.1. The Hall–Kier alpha value is -1.62. The summed E-state index contributed by atoms with van der Waals surface area (Å²) in [5, 5.41) is 2.62. The van der Waals surface area contributed by atoms with Gasteiger partial charge in [-0.2, -0.15) is 0 Å². The summed E-state index contributed by atoms with van der Waals surface area (Å²) < 4.78 is 17.9. The minimum Gasteiger partial charge on any atom is -0.494 e. The Bertz CT molecular complexity index is 396. The fraction of sp³-hybridized carbons (Fsp3) is 0.417. The van der Waals surface area contributed by atoms with Crippen molar-refractivity contribution in [1.82, 2.24) is 0 Å². The smallest absolute Gasteiger partial charge is 0.241 e. The van der Waals surface area contributed by atoms with Gasteiger partial charge in [-0.05, 0) is 18.6 Å². The van der Waals surface area contributed by atoms with Crippen LogP contribution >= 0.6 is 0 Å². The molecule has 0 unspecified atom stereocenters. The van der Waals surface area contributed by atoms with Crippen molar-refractivity contribution in [2.75, 3.05) is 12.4 Å². The molecule has 1 amide bonds. The molecule has 0 heterocycles. The first-order chi connectivity index (χ1) is 8.08. The van der Waals surface area contributed by atoms with Gasteiger partial charge in [0.1, 0.15) is 0 Å². The molecule has 1 atom stereocenters. The summed E-state index contributed by atoms with van der Waals surface area (Å²) in [5.41, 5.74) is 6.13. The van der Waals surface area contributed by atoms with Crippen molar-refractivity contribution in [1.29, 1.82) is 0 Å². The van der Waals surface area contributed by atoms with Crippen LogP contribution in [0, 0.1) is 5.82 Å². The lowest BCUT2D eigenvalue weighted by atomic mass is 10.1. The number of hydrogen-bond acceptors (Lipinski definition) is 3. The van der Waals surface area contributed by atoms with Gasteiger partial charge in [0.25, 0.3) is 0 Å². The summed E-state index contributed by atoms with van der Waals surface area (Å²) in [7, 11) is 1.37. The van der Waals surface area contributed by atoms with Crippen LogP contribution in [0.15, 0.2) is 18.2 Å². The zero-order chi connectivity index (χ0) is 12.8. The molecule has 1 rings (SSSR count). The molecule has 1 aromatic carbocycles. The monoisotopic (exact) mass is 240 g/mol.